The molecule has 232 valence electrons. The third kappa shape index (κ3) is 4.14. The number of furan rings is 1. The standard InChI is InChI=1S/C47H33NO/c1-47(2)41-18-7-5-14-37(41)38-28-27-34(29-42(38)47)48(43-19-9-12-32-22-21-30-11-3-4-13-35(30)45(32)43)33-25-23-31(24-26-33)36-16-10-17-40-39-15-6-8-20-44(39)49-46(36)40/h3-29H,1-2H3. The van der Waals surface area contributed by atoms with Gasteiger partial charge in [0.15, 0.2) is 0 Å². The van der Waals surface area contributed by atoms with Gasteiger partial charge in [-0.2, -0.15) is 0 Å². The second-order valence-corrected chi connectivity index (χ2v) is 13.7. The van der Waals surface area contributed by atoms with E-state index in [-0.39, 0.29) is 5.41 Å². The number of nitrogens with zero attached hydrogens (tertiary/aromatic N) is 1. The van der Waals surface area contributed by atoms with Gasteiger partial charge in [0.05, 0.1) is 5.69 Å². The van der Waals surface area contributed by atoms with E-state index in [1.54, 1.807) is 0 Å². The van der Waals surface area contributed by atoms with Crippen molar-refractivity contribution in [2.45, 2.75) is 19.3 Å². The van der Waals surface area contributed by atoms with Gasteiger partial charge in [-0.3, -0.25) is 0 Å². The molecule has 0 unspecified atom stereocenters. The molecule has 0 spiro atoms. The van der Waals surface area contributed by atoms with Gasteiger partial charge in [0.1, 0.15) is 11.2 Å². The monoisotopic (exact) mass is 627 g/mol. The number of benzene rings is 8. The molecular weight excluding hydrogens is 595 g/mol. The topological polar surface area (TPSA) is 16.4 Å². The molecule has 2 heteroatoms. The SMILES string of the molecule is CC1(C)c2ccccc2-c2ccc(N(c3ccc(-c4cccc5c4oc4ccccc45)cc3)c3cccc4ccc5ccccc5c34)cc21. The summed E-state index contributed by atoms with van der Waals surface area (Å²) in [5.74, 6) is 0. The van der Waals surface area contributed by atoms with Gasteiger partial charge in [0, 0.05) is 38.5 Å². The van der Waals surface area contributed by atoms with Crippen molar-refractivity contribution in [2.24, 2.45) is 0 Å². The van der Waals surface area contributed by atoms with Crippen LogP contribution >= 0.6 is 0 Å². The van der Waals surface area contributed by atoms with Gasteiger partial charge in [-0.05, 0) is 80.4 Å². The lowest BCUT2D eigenvalue weighted by atomic mass is 9.82. The Bertz CT molecular complexity index is 2750. The van der Waals surface area contributed by atoms with E-state index in [1.807, 2.05) is 12.1 Å². The molecule has 2 nitrogen and oxygen atoms in total. The van der Waals surface area contributed by atoms with Crippen molar-refractivity contribution < 1.29 is 4.42 Å². The Morgan fingerprint density at radius 2 is 1.12 bits per heavy atom. The number of para-hydroxylation sites is 2. The molecule has 1 heterocycles. The lowest BCUT2D eigenvalue weighted by Crippen LogP contribution is -2.16. The van der Waals surface area contributed by atoms with Crippen molar-refractivity contribution in [1.82, 2.24) is 0 Å². The Morgan fingerprint density at radius 3 is 2.02 bits per heavy atom. The first kappa shape index (κ1) is 27.9. The minimum absolute atomic E-state index is 0.103. The van der Waals surface area contributed by atoms with Gasteiger partial charge in [0.25, 0.3) is 0 Å². The predicted octanol–water partition coefficient (Wildman–Crippen LogP) is 13.3. The Morgan fingerprint density at radius 1 is 0.469 bits per heavy atom. The highest BCUT2D eigenvalue weighted by molar-refractivity contribution is 6.15. The quantitative estimate of drug-likeness (QED) is 0.181. The molecule has 0 saturated heterocycles. The van der Waals surface area contributed by atoms with Crippen LogP contribution in [0, 0.1) is 0 Å². The van der Waals surface area contributed by atoms with Crippen LogP contribution in [0.2, 0.25) is 0 Å². The van der Waals surface area contributed by atoms with Gasteiger partial charge < -0.3 is 9.32 Å². The van der Waals surface area contributed by atoms with Gasteiger partial charge >= 0.3 is 0 Å². The number of rotatable bonds is 4. The fourth-order valence-corrected chi connectivity index (χ4v) is 8.25. The van der Waals surface area contributed by atoms with Crippen LogP contribution in [-0.4, -0.2) is 0 Å². The van der Waals surface area contributed by atoms with E-state index >= 15 is 0 Å². The molecule has 49 heavy (non-hydrogen) atoms. The van der Waals surface area contributed by atoms with Crippen LogP contribution in [0.15, 0.2) is 168 Å². The van der Waals surface area contributed by atoms with Crippen molar-refractivity contribution in [2.75, 3.05) is 4.90 Å². The zero-order valence-electron chi connectivity index (χ0n) is 27.4. The summed E-state index contributed by atoms with van der Waals surface area (Å²) in [4.78, 5) is 2.44. The molecule has 1 aliphatic rings. The number of fused-ring (bicyclic) bond motifs is 9. The first-order chi connectivity index (χ1) is 24.1. The zero-order valence-corrected chi connectivity index (χ0v) is 27.4. The molecule has 0 amide bonds. The van der Waals surface area contributed by atoms with Crippen molar-refractivity contribution >= 4 is 60.5 Å². The summed E-state index contributed by atoms with van der Waals surface area (Å²) < 4.78 is 6.42. The van der Waals surface area contributed by atoms with Crippen molar-refractivity contribution in [3.05, 3.63) is 175 Å². The molecule has 0 bridgehead atoms. The highest BCUT2D eigenvalue weighted by Gasteiger charge is 2.35. The van der Waals surface area contributed by atoms with Crippen LogP contribution in [-0.2, 0) is 5.41 Å². The molecule has 9 aromatic rings. The molecule has 0 N–H and O–H groups in total. The average molecular weight is 628 g/mol. The molecule has 10 rings (SSSR count). The second kappa shape index (κ2) is 10.4. The van der Waals surface area contributed by atoms with E-state index in [2.05, 4.69) is 170 Å². The first-order valence-corrected chi connectivity index (χ1v) is 17.0. The molecule has 1 aromatic heterocycles. The van der Waals surface area contributed by atoms with Gasteiger partial charge in [-0.15, -0.1) is 0 Å². The fraction of sp³-hybridized carbons (Fsp3) is 0.0638. The van der Waals surface area contributed by atoms with Crippen molar-refractivity contribution in [3.63, 3.8) is 0 Å². The van der Waals surface area contributed by atoms with Gasteiger partial charge in [-0.1, -0.05) is 141 Å². The lowest BCUT2D eigenvalue weighted by molar-refractivity contribution is 0.660. The molecule has 1 aliphatic carbocycles. The van der Waals surface area contributed by atoms with Crippen molar-refractivity contribution in [3.8, 4) is 22.3 Å². The van der Waals surface area contributed by atoms with Gasteiger partial charge in [0.2, 0.25) is 0 Å². The summed E-state index contributed by atoms with van der Waals surface area (Å²) >= 11 is 0. The van der Waals surface area contributed by atoms with Crippen LogP contribution in [0.4, 0.5) is 17.1 Å². The Labute approximate surface area is 285 Å². The number of anilines is 3. The Hall–Kier alpha value is -6.12. The minimum atomic E-state index is -0.103. The zero-order chi connectivity index (χ0) is 32.7. The fourth-order valence-electron chi connectivity index (χ4n) is 8.25. The molecule has 8 aromatic carbocycles. The van der Waals surface area contributed by atoms with E-state index < -0.39 is 0 Å². The molecule has 0 fully saturated rings. The molecule has 0 radical (unpaired) electrons. The summed E-state index contributed by atoms with van der Waals surface area (Å²) in [7, 11) is 0. The highest BCUT2D eigenvalue weighted by Crippen LogP contribution is 2.51. The maximum atomic E-state index is 6.42. The smallest absolute Gasteiger partial charge is 0.143 e. The third-order valence-corrected chi connectivity index (χ3v) is 10.7. The van der Waals surface area contributed by atoms with Crippen LogP contribution in [0.25, 0.3) is 65.7 Å². The summed E-state index contributed by atoms with van der Waals surface area (Å²) in [5.41, 5.74) is 12.8. The van der Waals surface area contributed by atoms with E-state index in [4.69, 9.17) is 4.42 Å². The first-order valence-electron chi connectivity index (χ1n) is 17.0. The number of hydrogen-bond donors (Lipinski definition) is 0. The Balaban J connectivity index is 1.18. The van der Waals surface area contributed by atoms with E-state index in [9.17, 15) is 0 Å². The largest absolute Gasteiger partial charge is 0.455 e. The Kier molecular flexibility index (Phi) is 5.95. The second-order valence-electron chi connectivity index (χ2n) is 13.7. The molecule has 0 aliphatic heterocycles. The van der Waals surface area contributed by atoms with E-state index in [0.29, 0.717) is 0 Å². The van der Waals surface area contributed by atoms with Crippen LogP contribution in [0.5, 0.6) is 0 Å². The summed E-state index contributed by atoms with van der Waals surface area (Å²) in [5, 5.41) is 7.25. The molecular formula is C47H33NO. The maximum Gasteiger partial charge on any atom is 0.143 e. The van der Waals surface area contributed by atoms with Crippen molar-refractivity contribution in [1.29, 1.82) is 0 Å². The minimum Gasteiger partial charge on any atom is -0.455 e. The molecule has 0 saturated carbocycles. The van der Waals surface area contributed by atoms with Crippen LogP contribution in [0.3, 0.4) is 0 Å². The maximum absolute atomic E-state index is 6.42. The van der Waals surface area contributed by atoms with Crippen LogP contribution < -0.4 is 4.90 Å². The van der Waals surface area contributed by atoms with Crippen LogP contribution in [0.1, 0.15) is 25.0 Å². The highest BCUT2D eigenvalue weighted by atomic mass is 16.3. The summed E-state index contributed by atoms with van der Waals surface area (Å²) in [6.07, 6.45) is 0. The van der Waals surface area contributed by atoms with E-state index in [1.165, 1.54) is 43.8 Å². The third-order valence-electron chi connectivity index (χ3n) is 10.7. The average Bonchev–Trinajstić information content (AvgIpc) is 3.64. The predicted molar refractivity (Wildman–Crippen MR) is 206 cm³/mol. The van der Waals surface area contributed by atoms with Gasteiger partial charge in [-0.25, -0.2) is 0 Å². The van der Waals surface area contributed by atoms with E-state index in [0.717, 1.165) is 50.1 Å². The summed E-state index contributed by atoms with van der Waals surface area (Å²) in [6.45, 7) is 4.70. The summed E-state index contributed by atoms with van der Waals surface area (Å²) in [6, 6.07) is 59.5. The normalized spacial score (nSPS) is 13.3. The lowest BCUT2D eigenvalue weighted by Gasteiger charge is -2.29. The number of hydrogen-bond acceptors (Lipinski definition) is 2. The molecule has 0 atom stereocenters.